The maximum absolute atomic E-state index is 6.48. The summed E-state index contributed by atoms with van der Waals surface area (Å²) in [5.74, 6) is 2.71. The molecule has 0 bridgehead atoms. The van der Waals surface area contributed by atoms with Crippen LogP contribution in [0.4, 0.5) is 0 Å². The first-order chi connectivity index (χ1) is 17.8. The van der Waals surface area contributed by atoms with Crippen molar-refractivity contribution in [1.82, 2.24) is 19.6 Å². The summed E-state index contributed by atoms with van der Waals surface area (Å²) in [7, 11) is 0. The lowest BCUT2D eigenvalue weighted by molar-refractivity contribution is 0.294. The van der Waals surface area contributed by atoms with Gasteiger partial charge in [0.1, 0.15) is 24.4 Å². The second-order valence-electron chi connectivity index (χ2n) is 8.96. The monoisotopic (exact) mass is 470 g/mol. The predicted molar refractivity (Wildman–Crippen MR) is 138 cm³/mol. The molecule has 7 rings (SSSR count). The molecule has 4 aromatic carbocycles. The largest absolute Gasteiger partial charge is 0.485 e. The molecule has 6 heteroatoms. The van der Waals surface area contributed by atoms with E-state index in [0.29, 0.717) is 11.7 Å². The standard InChI is InChI=1S/C30H22N4O2/c1-19-9-5-8-14-24(19)35-17-25-32-29-27-26(21-11-3-2-4-12-21)23-16-15-20-10-6-7-13-22(20)28(23)36-30(27)31-18-34(29)33-25/h2-16,18,26H,17H2,1H3. The SMILES string of the molecule is Cc1ccccc1OCc1nc2c3c(ncn2n1)Oc1c(ccc2ccccc12)C3c1ccccc1. The summed E-state index contributed by atoms with van der Waals surface area (Å²) in [6.45, 7) is 2.29. The summed E-state index contributed by atoms with van der Waals surface area (Å²) >= 11 is 0. The average molecular weight is 471 g/mol. The summed E-state index contributed by atoms with van der Waals surface area (Å²) in [5, 5.41) is 6.86. The van der Waals surface area contributed by atoms with Gasteiger partial charge in [0.25, 0.3) is 0 Å². The van der Waals surface area contributed by atoms with Gasteiger partial charge in [0.2, 0.25) is 5.88 Å². The third-order valence-electron chi connectivity index (χ3n) is 6.72. The van der Waals surface area contributed by atoms with Gasteiger partial charge >= 0.3 is 0 Å². The fraction of sp³-hybridized carbons (Fsp3) is 0.100. The Hall–Kier alpha value is -4.71. The number of hydrogen-bond donors (Lipinski definition) is 0. The van der Waals surface area contributed by atoms with Gasteiger partial charge in [0, 0.05) is 16.9 Å². The molecule has 6 aromatic rings. The van der Waals surface area contributed by atoms with Crippen LogP contribution in [0.1, 0.15) is 34.0 Å². The Morgan fingerprint density at radius 1 is 0.889 bits per heavy atom. The van der Waals surface area contributed by atoms with E-state index in [4.69, 9.17) is 14.5 Å². The molecule has 1 atom stereocenters. The number of rotatable bonds is 4. The molecule has 0 radical (unpaired) electrons. The molecule has 2 aromatic heterocycles. The molecule has 0 saturated heterocycles. The van der Waals surface area contributed by atoms with Gasteiger partial charge in [-0.05, 0) is 29.5 Å². The lowest BCUT2D eigenvalue weighted by Gasteiger charge is -2.28. The minimum absolute atomic E-state index is 0.0971. The first-order valence-electron chi connectivity index (χ1n) is 11.9. The number of para-hydroxylation sites is 1. The van der Waals surface area contributed by atoms with E-state index in [1.54, 1.807) is 10.8 Å². The van der Waals surface area contributed by atoms with Crippen molar-refractivity contribution in [3.8, 4) is 17.4 Å². The van der Waals surface area contributed by atoms with Gasteiger partial charge in [-0.1, -0.05) is 84.9 Å². The van der Waals surface area contributed by atoms with Crippen LogP contribution < -0.4 is 9.47 Å². The van der Waals surface area contributed by atoms with E-state index >= 15 is 0 Å². The summed E-state index contributed by atoms with van der Waals surface area (Å²) in [6, 6.07) is 30.9. The third kappa shape index (κ3) is 3.30. The van der Waals surface area contributed by atoms with Crippen LogP contribution >= 0.6 is 0 Å². The minimum atomic E-state index is -0.0971. The van der Waals surface area contributed by atoms with Crippen molar-refractivity contribution in [3.05, 3.63) is 125 Å². The van der Waals surface area contributed by atoms with E-state index in [9.17, 15) is 0 Å². The molecule has 0 saturated carbocycles. The molecule has 0 N–H and O–H groups in total. The Kier molecular flexibility index (Phi) is 4.70. The molecule has 0 aliphatic carbocycles. The molecule has 174 valence electrons. The second kappa shape index (κ2) is 8.20. The number of aryl methyl sites for hydroxylation is 1. The molecule has 0 fully saturated rings. The van der Waals surface area contributed by atoms with Crippen LogP contribution in [-0.2, 0) is 6.61 Å². The summed E-state index contributed by atoms with van der Waals surface area (Å²) in [5.41, 5.74) is 4.93. The van der Waals surface area contributed by atoms with Crippen molar-refractivity contribution in [2.75, 3.05) is 0 Å². The Morgan fingerprint density at radius 2 is 1.69 bits per heavy atom. The topological polar surface area (TPSA) is 61.5 Å². The molecular weight excluding hydrogens is 448 g/mol. The summed E-state index contributed by atoms with van der Waals surface area (Å²) < 4.78 is 14.2. The smallest absolute Gasteiger partial charge is 0.228 e. The summed E-state index contributed by atoms with van der Waals surface area (Å²) in [4.78, 5) is 9.56. The van der Waals surface area contributed by atoms with Crippen LogP contribution in [0.25, 0.3) is 16.4 Å². The highest BCUT2D eigenvalue weighted by molar-refractivity contribution is 5.91. The van der Waals surface area contributed by atoms with Gasteiger partial charge in [-0.2, -0.15) is 0 Å². The Balaban J connectivity index is 1.38. The van der Waals surface area contributed by atoms with Crippen LogP contribution in [0.5, 0.6) is 17.4 Å². The normalized spacial score (nSPS) is 14.3. The van der Waals surface area contributed by atoms with Crippen molar-refractivity contribution in [3.63, 3.8) is 0 Å². The molecular formula is C30H22N4O2. The van der Waals surface area contributed by atoms with Crippen molar-refractivity contribution >= 4 is 16.4 Å². The Labute approximate surface area is 207 Å². The average Bonchev–Trinajstić information content (AvgIpc) is 3.35. The molecule has 0 spiro atoms. The maximum atomic E-state index is 6.48. The Morgan fingerprint density at radius 3 is 2.58 bits per heavy atom. The zero-order valence-corrected chi connectivity index (χ0v) is 19.6. The van der Waals surface area contributed by atoms with Gasteiger partial charge in [0.05, 0.1) is 5.56 Å². The highest BCUT2D eigenvalue weighted by atomic mass is 16.5. The van der Waals surface area contributed by atoms with E-state index in [2.05, 4.69) is 58.6 Å². The van der Waals surface area contributed by atoms with Crippen LogP contribution in [0, 0.1) is 6.92 Å². The molecule has 6 nitrogen and oxygen atoms in total. The summed E-state index contributed by atoms with van der Waals surface area (Å²) in [6.07, 6.45) is 1.66. The molecule has 36 heavy (non-hydrogen) atoms. The molecule has 0 amide bonds. The minimum Gasteiger partial charge on any atom is -0.485 e. The molecule has 1 aliphatic rings. The third-order valence-corrected chi connectivity index (χ3v) is 6.72. The molecule has 1 unspecified atom stereocenters. The number of nitrogens with zero attached hydrogens (tertiary/aromatic N) is 4. The van der Waals surface area contributed by atoms with Gasteiger partial charge in [-0.25, -0.2) is 14.5 Å². The number of benzene rings is 4. The number of hydrogen-bond acceptors (Lipinski definition) is 5. The predicted octanol–water partition coefficient (Wildman–Crippen LogP) is 6.45. The first kappa shape index (κ1) is 20.6. The number of fused-ring (bicyclic) bond motifs is 6. The van der Waals surface area contributed by atoms with Gasteiger partial charge < -0.3 is 9.47 Å². The van der Waals surface area contributed by atoms with Crippen LogP contribution in [0.15, 0.2) is 97.3 Å². The van der Waals surface area contributed by atoms with Crippen LogP contribution in [0.2, 0.25) is 0 Å². The van der Waals surface area contributed by atoms with E-state index < -0.39 is 0 Å². The number of ether oxygens (including phenoxy) is 2. The maximum Gasteiger partial charge on any atom is 0.228 e. The zero-order chi connectivity index (χ0) is 24.1. The van der Waals surface area contributed by atoms with E-state index in [1.807, 2.05) is 49.4 Å². The van der Waals surface area contributed by atoms with Gasteiger partial charge in [-0.3, -0.25) is 0 Å². The first-order valence-corrected chi connectivity index (χ1v) is 11.9. The van der Waals surface area contributed by atoms with E-state index in [0.717, 1.165) is 50.2 Å². The van der Waals surface area contributed by atoms with Crippen molar-refractivity contribution < 1.29 is 9.47 Å². The van der Waals surface area contributed by atoms with Gasteiger partial charge in [-0.15, -0.1) is 5.10 Å². The quantitative estimate of drug-likeness (QED) is 0.296. The zero-order valence-electron chi connectivity index (χ0n) is 19.6. The van der Waals surface area contributed by atoms with Crippen LogP contribution in [-0.4, -0.2) is 19.6 Å². The van der Waals surface area contributed by atoms with Crippen molar-refractivity contribution in [2.24, 2.45) is 0 Å². The fourth-order valence-electron chi connectivity index (χ4n) is 5.00. The Bertz CT molecular complexity index is 1740. The lowest BCUT2D eigenvalue weighted by atomic mass is 9.83. The molecule has 3 heterocycles. The lowest BCUT2D eigenvalue weighted by Crippen LogP contribution is -2.15. The van der Waals surface area contributed by atoms with Crippen molar-refractivity contribution in [2.45, 2.75) is 19.4 Å². The van der Waals surface area contributed by atoms with E-state index in [-0.39, 0.29) is 12.5 Å². The highest BCUT2D eigenvalue weighted by Crippen LogP contribution is 2.50. The van der Waals surface area contributed by atoms with Gasteiger partial charge in [0.15, 0.2) is 11.5 Å². The molecule has 1 aliphatic heterocycles. The fourth-order valence-corrected chi connectivity index (χ4v) is 5.00. The van der Waals surface area contributed by atoms with E-state index in [1.165, 1.54) is 0 Å². The second-order valence-corrected chi connectivity index (χ2v) is 8.96. The highest BCUT2D eigenvalue weighted by Gasteiger charge is 2.34. The van der Waals surface area contributed by atoms with Crippen LogP contribution in [0.3, 0.4) is 0 Å². The van der Waals surface area contributed by atoms with Crippen molar-refractivity contribution in [1.29, 1.82) is 0 Å². The number of aromatic nitrogens is 4.